The lowest BCUT2D eigenvalue weighted by Crippen LogP contribution is -2.29. The van der Waals surface area contributed by atoms with Gasteiger partial charge in [0.15, 0.2) is 0 Å². The highest BCUT2D eigenvalue weighted by Gasteiger charge is 2.19. The van der Waals surface area contributed by atoms with E-state index in [1.807, 2.05) is 38.1 Å². The van der Waals surface area contributed by atoms with E-state index in [2.05, 4.69) is 0 Å². The normalized spacial score (nSPS) is 12.0. The van der Waals surface area contributed by atoms with Crippen molar-refractivity contribution < 1.29 is 4.79 Å². The largest absolute Gasteiger partial charge is 0.398 e. The number of rotatable bonds is 3. The minimum atomic E-state index is -0.0787. The quantitative estimate of drug-likeness (QED) is 0.869. The van der Waals surface area contributed by atoms with Crippen molar-refractivity contribution >= 4 is 23.2 Å². The molecule has 2 aromatic rings. The summed E-state index contributed by atoms with van der Waals surface area (Å²) >= 11 is 5.98. The minimum absolute atomic E-state index is 0.0190. The lowest BCUT2D eigenvalue weighted by atomic mass is 10.0. The molecular formula is C17H19ClN2O. The average Bonchev–Trinajstić information content (AvgIpc) is 2.48. The third kappa shape index (κ3) is 3.37. The van der Waals surface area contributed by atoms with Crippen molar-refractivity contribution in [3.8, 4) is 0 Å². The molecule has 0 radical (unpaired) electrons. The zero-order chi connectivity index (χ0) is 15.6. The first-order chi connectivity index (χ1) is 9.90. The van der Waals surface area contributed by atoms with Gasteiger partial charge in [-0.25, -0.2) is 0 Å². The third-order valence-electron chi connectivity index (χ3n) is 3.71. The summed E-state index contributed by atoms with van der Waals surface area (Å²) in [6.45, 7) is 4.04. The molecule has 1 unspecified atom stereocenters. The van der Waals surface area contributed by atoms with Gasteiger partial charge < -0.3 is 10.6 Å². The summed E-state index contributed by atoms with van der Waals surface area (Å²) in [7, 11) is 1.79. The molecule has 2 rings (SSSR count). The molecule has 0 bridgehead atoms. The van der Waals surface area contributed by atoms with Crippen LogP contribution in [0.2, 0.25) is 5.02 Å². The Balaban J connectivity index is 2.21. The predicted molar refractivity (Wildman–Crippen MR) is 87.6 cm³/mol. The second-order valence-electron chi connectivity index (χ2n) is 5.24. The van der Waals surface area contributed by atoms with Crippen LogP contribution in [0.5, 0.6) is 0 Å². The molecule has 4 heteroatoms. The van der Waals surface area contributed by atoms with Crippen LogP contribution >= 0.6 is 11.6 Å². The van der Waals surface area contributed by atoms with E-state index in [9.17, 15) is 4.79 Å². The summed E-state index contributed by atoms with van der Waals surface area (Å²) in [5, 5.41) is 0.400. The SMILES string of the molecule is Cc1ccc(C(C)N(C)C(=O)c2ccc(N)c(Cl)c2)cc1. The Labute approximate surface area is 130 Å². The number of aryl methyl sites for hydroxylation is 1. The fourth-order valence-electron chi connectivity index (χ4n) is 2.11. The highest BCUT2D eigenvalue weighted by molar-refractivity contribution is 6.33. The standard InChI is InChI=1S/C17H19ClN2O/c1-11-4-6-13(7-5-11)12(2)20(3)17(21)14-8-9-16(19)15(18)10-14/h4-10,12H,19H2,1-3H3. The molecule has 0 saturated carbocycles. The number of halogens is 1. The van der Waals surface area contributed by atoms with Crippen LogP contribution in [0.15, 0.2) is 42.5 Å². The number of amides is 1. The maximum Gasteiger partial charge on any atom is 0.254 e. The van der Waals surface area contributed by atoms with Crippen LogP contribution in [0.25, 0.3) is 0 Å². The van der Waals surface area contributed by atoms with Crippen molar-refractivity contribution in [1.29, 1.82) is 0 Å². The van der Waals surface area contributed by atoms with Crippen LogP contribution in [0, 0.1) is 6.92 Å². The van der Waals surface area contributed by atoms with Crippen LogP contribution in [0.3, 0.4) is 0 Å². The van der Waals surface area contributed by atoms with E-state index in [1.54, 1.807) is 30.1 Å². The van der Waals surface area contributed by atoms with E-state index < -0.39 is 0 Å². The lowest BCUT2D eigenvalue weighted by molar-refractivity contribution is 0.0742. The summed E-state index contributed by atoms with van der Waals surface area (Å²) in [4.78, 5) is 14.2. The Bertz CT molecular complexity index is 652. The number of carbonyl (C=O) groups is 1. The highest BCUT2D eigenvalue weighted by atomic mass is 35.5. The first-order valence-electron chi connectivity index (χ1n) is 6.79. The first kappa shape index (κ1) is 15.4. The Morgan fingerprint density at radius 2 is 1.81 bits per heavy atom. The first-order valence-corrected chi connectivity index (χ1v) is 7.16. The molecule has 0 aliphatic heterocycles. The second-order valence-corrected chi connectivity index (χ2v) is 5.65. The monoisotopic (exact) mass is 302 g/mol. The molecule has 0 spiro atoms. The van der Waals surface area contributed by atoms with E-state index in [1.165, 1.54) is 5.56 Å². The van der Waals surface area contributed by atoms with Gasteiger partial charge >= 0.3 is 0 Å². The number of nitrogens with two attached hydrogens (primary N) is 1. The number of anilines is 1. The third-order valence-corrected chi connectivity index (χ3v) is 4.04. The summed E-state index contributed by atoms with van der Waals surface area (Å²) in [5.74, 6) is -0.0787. The van der Waals surface area contributed by atoms with Crippen molar-refractivity contribution in [3.63, 3.8) is 0 Å². The summed E-state index contributed by atoms with van der Waals surface area (Å²) < 4.78 is 0. The molecule has 2 N–H and O–H groups in total. The van der Waals surface area contributed by atoms with Gasteiger partial charge in [0.05, 0.1) is 16.8 Å². The van der Waals surface area contributed by atoms with Gasteiger partial charge in [0, 0.05) is 12.6 Å². The average molecular weight is 303 g/mol. The van der Waals surface area contributed by atoms with Crippen molar-refractivity contribution in [2.45, 2.75) is 19.9 Å². The minimum Gasteiger partial charge on any atom is -0.398 e. The van der Waals surface area contributed by atoms with Gasteiger partial charge in [0.1, 0.15) is 0 Å². The van der Waals surface area contributed by atoms with Crippen molar-refractivity contribution in [3.05, 3.63) is 64.2 Å². The maximum atomic E-state index is 12.5. The van der Waals surface area contributed by atoms with E-state index >= 15 is 0 Å². The maximum absolute atomic E-state index is 12.5. The van der Waals surface area contributed by atoms with Crippen molar-refractivity contribution in [2.24, 2.45) is 0 Å². The van der Waals surface area contributed by atoms with Gasteiger partial charge in [0.2, 0.25) is 0 Å². The molecule has 3 nitrogen and oxygen atoms in total. The number of nitrogen functional groups attached to an aromatic ring is 1. The molecule has 0 heterocycles. The van der Waals surface area contributed by atoms with E-state index in [-0.39, 0.29) is 11.9 Å². The van der Waals surface area contributed by atoms with Gasteiger partial charge in [-0.05, 0) is 37.6 Å². The lowest BCUT2D eigenvalue weighted by Gasteiger charge is -2.25. The number of carbonyl (C=O) groups excluding carboxylic acids is 1. The van der Waals surface area contributed by atoms with Gasteiger partial charge in [-0.15, -0.1) is 0 Å². The number of hydrogen-bond donors (Lipinski definition) is 1. The van der Waals surface area contributed by atoms with Crippen LogP contribution < -0.4 is 5.73 Å². The zero-order valence-corrected chi connectivity index (χ0v) is 13.2. The molecule has 1 amide bonds. The van der Waals surface area contributed by atoms with Crippen molar-refractivity contribution in [2.75, 3.05) is 12.8 Å². The fourth-order valence-corrected chi connectivity index (χ4v) is 2.29. The van der Waals surface area contributed by atoms with Crippen LogP contribution in [-0.2, 0) is 0 Å². The van der Waals surface area contributed by atoms with Gasteiger partial charge in [0.25, 0.3) is 5.91 Å². The fraction of sp³-hybridized carbons (Fsp3) is 0.235. The Hall–Kier alpha value is -2.00. The van der Waals surface area contributed by atoms with Crippen molar-refractivity contribution in [1.82, 2.24) is 4.90 Å². The van der Waals surface area contributed by atoms with E-state index in [0.717, 1.165) is 5.56 Å². The van der Waals surface area contributed by atoms with Crippen LogP contribution in [0.4, 0.5) is 5.69 Å². The summed E-state index contributed by atoms with van der Waals surface area (Å²) in [6.07, 6.45) is 0. The molecule has 110 valence electrons. The molecule has 2 aromatic carbocycles. The molecule has 0 aliphatic rings. The van der Waals surface area contributed by atoms with Crippen LogP contribution in [0.1, 0.15) is 34.5 Å². The molecule has 21 heavy (non-hydrogen) atoms. The predicted octanol–water partition coefficient (Wildman–Crippen LogP) is 4.06. The smallest absolute Gasteiger partial charge is 0.254 e. The Morgan fingerprint density at radius 3 is 2.38 bits per heavy atom. The number of hydrogen-bond acceptors (Lipinski definition) is 2. The molecule has 1 atom stereocenters. The molecule has 0 aliphatic carbocycles. The van der Waals surface area contributed by atoms with Gasteiger partial charge in [-0.1, -0.05) is 41.4 Å². The molecular weight excluding hydrogens is 284 g/mol. The summed E-state index contributed by atoms with van der Waals surface area (Å²) in [5.41, 5.74) is 8.98. The van der Waals surface area contributed by atoms with Crippen LogP contribution in [-0.4, -0.2) is 17.9 Å². The van der Waals surface area contributed by atoms with Gasteiger partial charge in [-0.3, -0.25) is 4.79 Å². The number of nitrogens with zero attached hydrogens (tertiary/aromatic N) is 1. The Morgan fingerprint density at radius 1 is 1.19 bits per heavy atom. The molecule has 0 fully saturated rings. The topological polar surface area (TPSA) is 46.3 Å². The molecule has 0 aromatic heterocycles. The van der Waals surface area contributed by atoms with Gasteiger partial charge in [-0.2, -0.15) is 0 Å². The second kappa shape index (κ2) is 6.19. The number of benzene rings is 2. The van der Waals surface area contributed by atoms with E-state index in [0.29, 0.717) is 16.3 Å². The van der Waals surface area contributed by atoms with E-state index in [4.69, 9.17) is 17.3 Å². The Kier molecular flexibility index (Phi) is 4.53. The molecule has 0 saturated heterocycles. The highest BCUT2D eigenvalue weighted by Crippen LogP contribution is 2.24. The zero-order valence-electron chi connectivity index (χ0n) is 12.4. The summed E-state index contributed by atoms with van der Waals surface area (Å²) in [6, 6.07) is 13.1.